The summed E-state index contributed by atoms with van der Waals surface area (Å²) in [6.07, 6.45) is 7.38. The summed E-state index contributed by atoms with van der Waals surface area (Å²) in [5, 5.41) is 2.80. The predicted molar refractivity (Wildman–Crippen MR) is 96.9 cm³/mol. The Kier molecular flexibility index (Phi) is 6.79. The number of nitrogens with two attached hydrogens (primary N) is 1. The molecule has 0 saturated heterocycles. The van der Waals surface area contributed by atoms with Crippen molar-refractivity contribution in [3.05, 3.63) is 29.8 Å². The number of carbonyl (C=O) groups excluding carboxylic acids is 2. The molecule has 1 aromatic rings. The first-order valence-electron chi connectivity index (χ1n) is 8.96. The quantitative estimate of drug-likeness (QED) is 0.841. The molecule has 132 valence electrons. The van der Waals surface area contributed by atoms with Gasteiger partial charge in [-0.25, -0.2) is 0 Å². The summed E-state index contributed by atoms with van der Waals surface area (Å²) >= 11 is 0. The number of carbonyl (C=O) groups is 2. The van der Waals surface area contributed by atoms with Gasteiger partial charge in [0.05, 0.1) is 6.04 Å². The molecular formula is C19H29N3O2. The van der Waals surface area contributed by atoms with Crippen LogP contribution in [0.3, 0.4) is 0 Å². The highest BCUT2D eigenvalue weighted by Crippen LogP contribution is 2.23. The highest BCUT2D eigenvalue weighted by Gasteiger charge is 2.23. The Balaban J connectivity index is 1.95. The molecule has 5 heteroatoms. The third kappa shape index (κ3) is 4.81. The van der Waals surface area contributed by atoms with Gasteiger partial charge in [-0.3, -0.25) is 9.59 Å². The molecule has 0 heterocycles. The lowest BCUT2D eigenvalue weighted by molar-refractivity contribution is -0.117. The third-order valence-electron chi connectivity index (χ3n) is 4.78. The minimum atomic E-state index is -0.492. The zero-order chi connectivity index (χ0) is 17.5. The summed E-state index contributed by atoms with van der Waals surface area (Å²) in [4.78, 5) is 26.4. The van der Waals surface area contributed by atoms with E-state index < -0.39 is 6.04 Å². The predicted octanol–water partition coefficient (Wildman–Crippen LogP) is 3.16. The molecule has 0 radical (unpaired) electrons. The standard InChI is InChI=1S/C19H29N3O2/c1-3-7-17(20)18(23)21-15-12-10-14(11-13-15)19(24)22(2)16-8-5-4-6-9-16/h10-13,16-17H,3-9,20H2,1-2H3,(H,21,23). The second-order valence-electron chi connectivity index (χ2n) is 6.67. The van der Waals surface area contributed by atoms with Gasteiger partial charge in [0.2, 0.25) is 5.91 Å². The number of hydrogen-bond donors (Lipinski definition) is 2. The summed E-state index contributed by atoms with van der Waals surface area (Å²) in [6, 6.07) is 6.91. The maximum atomic E-state index is 12.6. The number of nitrogens with zero attached hydrogens (tertiary/aromatic N) is 1. The van der Waals surface area contributed by atoms with Gasteiger partial charge < -0.3 is 16.0 Å². The first-order chi connectivity index (χ1) is 11.5. The number of rotatable bonds is 6. The minimum Gasteiger partial charge on any atom is -0.339 e. The summed E-state index contributed by atoms with van der Waals surface area (Å²) in [5.74, 6) is -0.141. The van der Waals surface area contributed by atoms with E-state index in [0.717, 1.165) is 19.3 Å². The Morgan fingerprint density at radius 3 is 2.42 bits per heavy atom. The van der Waals surface area contributed by atoms with Crippen LogP contribution in [0.1, 0.15) is 62.2 Å². The molecule has 1 fully saturated rings. The molecule has 3 N–H and O–H groups in total. The molecule has 1 unspecified atom stereocenters. The maximum Gasteiger partial charge on any atom is 0.253 e. The van der Waals surface area contributed by atoms with Crippen molar-refractivity contribution in [3.8, 4) is 0 Å². The van der Waals surface area contributed by atoms with Crippen LogP contribution in [-0.2, 0) is 4.79 Å². The van der Waals surface area contributed by atoms with Gasteiger partial charge in [-0.1, -0.05) is 32.6 Å². The molecule has 1 aliphatic rings. The maximum absolute atomic E-state index is 12.6. The monoisotopic (exact) mass is 331 g/mol. The van der Waals surface area contributed by atoms with Crippen LogP contribution in [-0.4, -0.2) is 35.8 Å². The zero-order valence-corrected chi connectivity index (χ0v) is 14.8. The lowest BCUT2D eigenvalue weighted by atomic mass is 9.94. The molecule has 1 aromatic carbocycles. The SMILES string of the molecule is CCCC(N)C(=O)Nc1ccc(C(=O)N(C)C2CCCCC2)cc1. The van der Waals surface area contributed by atoms with E-state index in [1.165, 1.54) is 19.3 Å². The average Bonchev–Trinajstić information content (AvgIpc) is 2.62. The van der Waals surface area contributed by atoms with E-state index in [-0.39, 0.29) is 11.8 Å². The van der Waals surface area contributed by atoms with Gasteiger partial charge in [0.1, 0.15) is 0 Å². The molecule has 2 rings (SSSR count). The van der Waals surface area contributed by atoms with Crippen molar-refractivity contribution in [2.45, 2.75) is 64.0 Å². The minimum absolute atomic E-state index is 0.0439. The second-order valence-corrected chi connectivity index (χ2v) is 6.67. The summed E-state index contributed by atoms with van der Waals surface area (Å²) in [5.41, 5.74) is 7.12. The summed E-state index contributed by atoms with van der Waals surface area (Å²) in [7, 11) is 1.89. The molecule has 0 bridgehead atoms. The highest BCUT2D eigenvalue weighted by atomic mass is 16.2. The van der Waals surface area contributed by atoms with Gasteiger partial charge in [0.15, 0.2) is 0 Å². The van der Waals surface area contributed by atoms with E-state index in [2.05, 4.69) is 5.32 Å². The van der Waals surface area contributed by atoms with Gasteiger partial charge in [-0.2, -0.15) is 0 Å². The Morgan fingerprint density at radius 1 is 1.21 bits per heavy atom. The number of hydrogen-bond acceptors (Lipinski definition) is 3. The van der Waals surface area contributed by atoms with Crippen LogP contribution < -0.4 is 11.1 Å². The summed E-state index contributed by atoms with van der Waals surface area (Å²) in [6.45, 7) is 2.00. The topological polar surface area (TPSA) is 75.4 Å². The van der Waals surface area contributed by atoms with Crippen molar-refractivity contribution in [1.29, 1.82) is 0 Å². The number of amides is 2. The van der Waals surface area contributed by atoms with Crippen LogP contribution in [0.2, 0.25) is 0 Å². The van der Waals surface area contributed by atoms with Crippen molar-refractivity contribution in [2.24, 2.45) is 5.73 Å². The molecule has 0 aliphatic heterocycles. The Bertz CT molecular complexity index is 550. The van der Waals surface area contributed by atoms with Crippen LogP contribution in [0.15, 0.2) is 24.3 Å². The molecule has 0 aromatic heterocycles. The van der Waals surface area contributed by atoms with Crippen LogP contribution in [0.25, 0.3) is 0 Å². The third-order valence-corrected chi connectivity index (χ3v) is 4.78. The number of nitrogens with one attached hydrogen (secondary N) is 1. The molecule has 24 heavy (non-hydrogen) atoms. The van der Waals surface area contributed by atoms with Crippen molar-refractivity contribution in [2.75, 3.05) is 12.4 Å². The molecular weight excluding hydrogens is 302 g/mol. The molecule has 0 spiro atoms. The largest absolute Gasteiger partial charge is 0.339 e. The van der Waals surface area contributed by atoms with Crippen molar-refractivity contribution >= 4 is 17.5 Å². The van der Waals surface area contributed by atoms with E-state index in [4.69, 9.17) is 5.73 Å². The van der Waals surface area contributed by atoms with Crippen LogP contribution in [0.5, 0.6) is 0 Å². The molecule has 1 saturated carbocycles. The molecule has 1 atom stereocenters. The highest BCUT2D eigenvalue weighted by molar-refractivity contribution is 5.97. The van der Waals surface area contributed by atoms with E-state index in [9.17, 15) is 9.59 Å². The molecule has 5 nitrogen and oxygen atoms in total. The summed E-state index contributed by atoms with van der Waals surface area (Å²) < 4.78 is 0. The van der Waals surface area contributed by atoms with Crippen LogP contribution in [0.4, 0.5) is 5.69 Å². The van der Waals surface area contributed by atoms with Gasteiger partial charge >= 0.3 is 0 Å². The number of anilines is 1. The van der Waals surface area contributed by atoms with Gasteiger partial charge in [0, 0.05) is 24.3 Å². The van der Waals surface area contributed by atoms with Crippen LogP contribution >= 0.6 is 0 Å². The van der Waals surface area contributed by atoms with E-state index in [1.807, 2.05) is 18.9 Å². The lowest BCUT2D eigenvalue weighted by Crippen LogP contribution is -2.38. The fourth-order valence-electron chi connectivity index (χ4n) is 3.21. The molecule has 1 aliphatic carbocycles. The van der Waals surface area contributed by atoms with Gasteiger partial charge in [0.25, 0.3) is 5.91 Å². The van der Waals surface area contributed by atoms with Gasteiger partial charge in [-0.05, 0) is 43.5 Å². The van der Waals surface area contributed by atoms with Crippen molar-refractivity contribution in [1.82, 2.24) is 4.90 Å². The fourth-order valence-corrected chi connectivity index (χ4v) is 3.21. The van der Waals surface area contributed by atoms with Gasteiger partial charge in [-0.15, -0.1) is 0 Å². The average molecular weight is 331 g/mol. The smallest absolute Gasteiger partial charge is 0.253 e. The fraction of sp³-hybridized carbons (Fsp3) is 0.579. The first kappa shape index (κ1) is 18.5. The first-order valence-corrected chi connectivity index (χ1v) is 8.96. The van der Waals surface area contributed by atoms with Crippen LogP contribution in [0, 0.1) is 0 Å². The lowest BCUT2D eigenvalue weighted by Gasteiger charge is -2.31. The van der Waals surface area contributed by atoms with Crippen molar-refractivity contribution in [3.63, 3.8) is 0 Å². The molecule has 2 amide bonds. The normalized spacial score (nSPS) is 16.5. The Labute approximate surface area is 144 Å². The number of benzene rings is 1. The van der Waals surface area contributed by atoms with E-state index >= 15 is 0 Å². The Hall–Kier alpha value is -1.88. The Morgan fingerprint density at radius 2 is 1.83 bits per heavy atom. The zero-order valence-electron chi connectivity index (χ0n) is 14.8. The van der Waals surface area contributed by atoms with E-state index in [0.29, 0.717) is 23.7 Å². The second kappa shape index (κ2) is 8.83. The van der Waals surface area contributed by atoms with Crippen molar-refractivity contribution < 1.29 is 9.59 Å². The van der Waals surface area contributed by atoms with E-state index in [1.54, 1.807) is 24.3 Å².